The number of halogens is 2. The van der Waals surface area contributed by atoms with Crippen LogP contribution in [0.4, 0.5) is 0 Å². The Morgan fingerprint density at radius 3 is 2.81 bits per heavy atom. The fourth-order valence-electron chi connectivity index (χ4n) is 3.07. The minimum atomic E-state index is -0.386. The SMILES string of the molecule is CCOC(=O)c1[nH]c2cccc(Cc3cc4c(cc3Cl)OCO4)c2c1Br. The van der Waals surface area contributed by atoms with Gasteiger partial charge in [0.15, 0.2) is 11.5 Å². The maximum atomic E-state index is 12.2. The predicted octanol–water partition coefficient (Wildman–Crippen LogP) is 5.08. The predicted molar refractivity (Wildman–Crippen MR) is 102 cm³/mol. The van der Waals surface area contributed by atoms with Gasteiger partial charge in [0.25, 0.3) is 0 Å². The van der Waals surface area contributed by atoms with Crippen molar-refractivity contribution in [3.8, 4) is 11.5 Å². The Hall–Kier alpha value is -2.18. The molecule has 0 unspecified atom stereocenters. The monoisotopic (exact) mass is 435 g/mol. The standard InChI is InChI=1S/C19H15BrClNO4/c1-2-24-19(23)18-17(20)16-10(4-3-5-13(16)22-18)6-11-7-14-15(8-12(11)21)26-9-25-14/h3-5,7-8,22H,2,6,9H2,1H3. The minimum absolute atomic E-state index is 0.205. The average Bonchev–Trinajstić information content (AvgIpc) is 3.20. The lowest BCUT2D eigenvalue weighted by molar-refractivity contribution is 0.0519. The number of benzene rings is 2. The molecule has 0 radical (unpaired) electrons. The van der Waals surface area contributed by atoms with Crippen molar-refractivity contribution in [2.75, 3.05) is 13.4 Å². The minimum Gasteiger partial charge on any atom is -0.461 e. The van der Waals surface area contributed by atoms with E-state index in [1.54, 1.807) is 13.0 Å². The summed E-state index contributed by atoms with van der Waals surface area (Å²) in [6.45, 7) is 2.30. The van der Waals surface area contributed by atoms with Gasteiger partial charge in [-0.3, -0.25) is 0 Å². The quantitative estimate of drug-likeness (QED) is 0.579. The number of aromatic amines is 1. The van der Waals surface area contributed by atoms with E-state index >= 15 is 0 Å². The van der Waals surface area contributed by atoms with Crippen LogP contribution >= 0.6 is 27.5 Å². The van der Waals surface area contributed by atoms with Gasteiger partial charge < -0.3 is 19.2 Å². The first-order valence-electron chi connectivity index (χ1n) is 8.12. The second kappa shape index (κ2) is 6.85. The first-order valence-corrected chi connectivity index (χ1v) is 9.29. The lowest BCUT2D eigenvalue weighted by atomic mass is 10.0. The Bertz CT molecular complexity index is 1010. The number of esters is 1. The molecule has 0 saturated heterocycles. The fourth-order valence-corrected chi connectivity index (χ4v) is 4.02. The molecule has 0 amide bonds. The van der Waals surface area contributed by atoms with Gasteiger partial charge in [-0.1, -0.05) is 23.7 Å². The van der Waals surface area contributed by atoms with Gasteiger partial charge in [-0.15, -0.1) is 0 Å². The van der Waals surface area contributed by atoms with E-state index in [9.17, 15) is 4.79 Å². The van der Waals surface area contributed by atoms with Gasteiger partial charge in [-0.2, -0.15) is 0 Å². The lowest BCUT2D eigenvalue weighted by Crippen LogP contribution is -2.05. The number of hydrogen-bond acceptors (Lipinski definition) is 4. The Labute approximate surface area is 163 Å². The summed E-state index contributed by atoms with van der Waals surface area (Å²) in [5.41, 5.74) is 3.22. The molecule has 4 rings (SSSR count). The van der Waals surface area contributed by atoms with Crippen LogP contribution in [0.15, 0.2) is 34.8 Å². The maximum absolute atomic E-state index is 12.2. The summed E-state index contributed by atoms with van der Waals surface area (Å²) >= 11 is 9.96. The van der Waals surface area contributed by atoms with Gasteiger partial charge >= 0.3 is 5.97 Å². The molecule has 3 aromatic rings. The summed E-state index contributed by atoms with van der Waals surface area (Å²) in [5, 5.41) is 1.55. The molecule has 1 aliphatic rings. The van der Waals surface area contributed by atoms with Crippen LogP contribution in [0.25, 0.3) is 10.9 Å². The van der Waals surface area contributed by atoms with Crippen molar-refractivity contribution >= 4 is 44.4 Å². The molecule has 0 bridgehead atoms. The molecular weight excluding hydrogens is 422 g/mol. The van der Waals surface area contributed by atoms with Gasteiger partial charge in [0.1, 0.15) is 5.69 Å². The molecular formula is C19H15BrClNO4. The van der Waals surface area contributed by atoms with E-state index in [1.807, 2.05) is 24.3 Å². The molecule has 7 heteroatoms. The molecule has 0 spiro atoms. The van der Waals surface area contributed by atoms with E-state index in [-0.39, 0.29) is 12.8 Å². The first kappa shape index (κ1) is 17.2. The number of carbonyl (C=O) groups is 1. The summed E-state index contributed by atoms with van der Waals surface area (Å²) in [6, 6.07) is 9.55. The highest BCUT2D eigenvalue weighted by atomic mass is 79.9. The van der Waals surface area contributed by atoms with E-state index in [2.05, 4.69) is 20.9 Å². The van der Waals surface area contributed by atoms with Crippen LogP contribution in [-0.2, 0) is 11.2 Å². The molecule has 0 saturated carbocycles. The van der Waals surface area contributed by atoms with Gasteiger partial charge in [-0.25, -0.2) is 4.79 Å². The van der Waals surface area contributed by atoms with Crippen LogP contribution < -0.4 is 9.47 Å². The molecule has 26 heavy (non-hydrogen) atoms. The zero-order valence-electron chi connectivity index (χ0n) is 13.9. The average molecular weight is 437 g/mol. The van der Waals surface area contributed by atoms with Crippen molar-refractivity contribution in [3.63, 3.8) is 0 Å². The number of H-pyrrole nitrogens is 1. The number of nitrogens with one attached hydrogen (secondary N) is 1. The molecule has 5 nitrogen and oxygen atoms in total. The van der Waals surface area contributed by atoms with Crippen LogP contribution in [0.2, 0.25) is 5.02 Å². The van der Waals surface area contributed by atoms with E-state index in [0.717, 1.165) is 22.0 Å². The van der Waals surface area contributed by atoms with Crippen LogP contribution in [0, 0.1) is 0 Å². The molecule has 0 atom stereocenters. The second-order valence-corrected chi connectivity index (χ2v) is 7.05. The summed E-state index contributed by atoms with van der Waals surface area (Å²) in [7, 11) is 0. The zero-order valence-corrected chi connectivity index (χ0v) is 16.2. The third-order valence-electron chi connectivity index (χ3n) is 4.25. The molecule has 1 N–H and O–H groups in total. The smallest absolute Gasteiger partial charge is 0.355 e. The zero-order chi connectivity index (χ0) is 18.3. The Balaban J connectivity index is 1.77. The van der Waals surface area contributed by atoms with Crippen LogP contribution in [0.1, 0.15) is 28.5 Å². The summed E-state index contributed by atoms with van der Waals surface area (Å²) in [5.74, 6) is 0.962. The third kappa shape index (κ3) is 2.93. The van der Waals surface area contributed by atoms with Crippen LogP contribution in [0.3, 0.4) is 0 Å². The number of fused-ring (bicyclic) bond motifs is 2. The topological polar surface area (TPSA) is 60.6 Å². The molecule has 134 valence electrons. The summed E-state index contributed by atoms with van der Waals surface area (Å²) in [4.78, 5) is 15.3. The maximum Gasteiger partial charge on any atom is 0.355 e. The fraction of sp³-hybridized carbons (Fsp3) is 0.211. The van der Waals surface area contributed by atoms with Crippen molar-refractivity contribution in [2.45, 2.75) is 13.3 Å². The van der Waals surface area contributed by atoms with E-state index in [4.69, 9.17) is 25.8 Å². The van der Waals surface area contributed by atoms with E-state index in [0.29, 0.717) is 39.7 Å². The van der Waals surface area contributed by atoms with Crippen molar-refractivity contribution in [1.82, 2.24) is 4.98 Å². The molecule has 2 aromatic carbocycles. The normalized spacial score (nSPS) is 12.6. The number of hydrogen-bond donors (Lipinski definition) is 1. The highest BCUT2D eigenvalue weighted by Crippen LogP contribution is 2.39. The third-order valence-corrected chi connectivity index (χ3v) is 5.40. The Morgan fingerprint density at radius 1 is 1.27 bits per heavy atom. The van der Waals surface area contributed by atoms with Crippen molar-refractivity contribution in [1.29, 1.82) is 0 Å². The molecule has 1 aromatic heterocycles. The van der Waals surface area contributed by atoms with Gasteiger partial charge in [0, 0.05) is 22.0 Å². The Kier molecular flexibility index (Phi) is 4.54. The van der Waals surface area contributed by atoms with E-state index in [1.165, 1.54) is 0 Å². The van der Waals surface area contributed by atoms with E-state index < -0.39 is 0 Å². The molecule has 0 fully saturated rings. The lowest BCUT2D eigenvalue weighted by Gasteiger charge is -2.08. The summed E-state index contributed by atoms with van der Waals surface area (Å²) in [6.07, 6.45) is 0.589. The number of carbonyl (C=O) groups excluding carboxylic acids is 1. The highest BCUT2D eigenvalue weighted by Gasteiger charge is 2.21. The van der Waals surface area contributed by atoms with Gasteiger partial charge in [0.05, 0.1) is 11.1 Å². The number of ether oxygens (including phenoxy) is 3. The number of rotatable bonds is 4. The van der Waals surface area contributed by atoms with Crippen LogP contribution in [-0.4, -0.2) is 24.4 Å². The Morgan fingerprint density at radius 2 is 2.04 bits per heavy atom. The van der Waals surface area contributed by atoms with Crippen molar-refractivity contribution < 1.29 is 19.0 Å². The van der Waals surface area contributed by atoms with Crippen molar-refractivity contribution in [2.24, 2.45) is 0 Å². The molecule has 0 aliphatic carbocycles. The largest absolute Gasteiger partial charge is 0.461 e. The highest BCUT2D eigenvalue weighted by molar-refractivity contribution is 9.10. The van der Waals surface area contributed by atoms with Gasteiger partial charge in [-0.05, 0) is 52.5 Å². The van der Waals surface area contributed by atoms with Crippen LogP contribution in [0.5, 0.6) is 11.5 Å². The first-order chi connectivity index (χ1) is 12.6. The molecule has 2 heterocycles. The van der Waals surface area contributed by atoms with Crippen molar-refractivity contribution in [3.05, 3.63) is 56.6 Å². The molecule has 1 aliphatic heterocycles. The summed E-state index contributed by atoms with van der Waals surface area (Å²) < 4.78 is 16.6. The second-order valence-electron chi connectivity index (χ2n) is 5.85. The van der Waals surface area contributed by atoms with Gasteiger partial charge in [0.2, 0.25) is 6.79 Å². The number of aromatic nitrogens is 1.